The molecule has 6 heavy (non-hydrogen) atoms. The maximum absolute atomic E-state index is 0. The van der Waals surface area contributed by atoms with Crippen LogP contribution in [0.25, 0.3) is 0 Å². The largest absolute Gasteiger partial charge is 0 e. The summed E-state index contributed by atoms with van der Waals surface area (Å²) in [5, 5.41) is 0. The van der Waals surface area contributed by atoms with Gasteiger partial charge in [-0.15, -0.1) is 0 Å². The molecule has 0 aromatic heterocycles. The van der Waals surface area contributed by atoms with Crippen molar-refractivity contribution in [3.8, 4) is 0 Å². The Kier molecular flexibility index (Phi) is 351. The maximum atomic E-state index is 0. The standard InChI is InChI=1S/Al.Co.Fe.Ni.Sn.Ta.7H. The van der Waals surface area contributed by atoms with Crippen LogP contribution in [0.2, 0.25) is 0 Å². The van der Waals surface area contributed by atoms with E-state index in [9.17, 15) is 0 Å². The van der Waals surface area contributed by atoms with Crippen molar-refractivity contribution in [2.24, 2.45) is 0 Å². The van der Waals surface area contributed by atoms with Crippen LogP contribution >= 0.6 is 0 Å². The van der Waals surface area contributed by atoms with E-state index in [0.717, 1.165) is 0 Å². The molecule has 0 bridgehead atoms. The van der Waals surface area contributed by atoms with Crippen LogP contribution in [0.4, 0.5) is 0 Å². The van der Waals surface area contributed by atoms with E-state index in [1.165, 1.54) is 0 Å². The van der Waals surface area contributed by atoms with E-state index in [0.29, 0.717) is 0 Å². The molecule has 0 aliphatic carbocycles. The summed E-state index contributed by atoms with van der Waals surface area (Å²) in [5.74, 6) is 0. The molecular weight excluding hydrogens is 500 g/mol. The summed E-state index contributed by atoms with van der Waals surface area (Å²) < 4.78 is 0. The third-order valence-electron chi connectivity index (χ3n) is 0. The summed E-state index contributed by atoms with van der Waals surface area (Å²) in [6.07, 6.45) is 0. The van der Waals surface area contributed by atoms with E-state index < -0.39 is 0 Å². The summed E-state index contributed by atoms with van der Waals surface area (Å²) in [4.78, 5) is 0. The van der Waals surface area contributed by atoms with Gasteiger partial charge in [0.1, 0.15) is 0 Å². The van der Waals surface area contributed by atoms with E-state index in [2.05, 4.69) is 0 Å². The summed E-state index contributed by atoms with van der Waals surface area (Å²) in [6, 6.07) is 0. The minimum Gasteiger partial charge on any atom is 0 e. The van der Waals surface area contributed by atoms with Crippen LogP contribution in [-0.2, 0) is 72.7 Å². The SMILES string of the molecule is [AlH3].[Co].[Fe].[Ni].[SnH4].[Ta]. The molecule has 0 nitrogen and oxygen atoms in total. The second kappa shape index (κ2) is 38.4. The van der Waals surface area contributed by atoms with Crippen molar-refractivity contribution in [2.45, 2.75) is 0 Å². The summed E-state index contributed by atoms with van der Waals surface area (Å²) in [7, 11) is 0. The van der Waals surface area contributed by atoms with E-state index in [1.54, 1.807) is 0 Å². The van der Waals surface area contributed by atoms with Gasteiger partial charge in [-0.05, 0) is 0 Å². The van der Waals surface area contributed by atoms with Crippen molar-refractivity contribution < 1.29 is 72.7 Å². The van der Waals surface area contributed by atoms with Gasteiger partial charge in [0.2, 0.25) is 0 Å². The van der Waals surface area contributed by atoms with Crippen molar-refractivity contribution in [1.29, 1.82) is 0 Å². The van der Waals surface area contributed by atoms with E-state index in [1.807, 2.05) is 0 Å². The fraction of sp³-hybridized carbons (Fsp3) is 0. The van der Waals surface area contributed by atoms with Crippen molar-refractivity contribution in [2.75, 3.05) is 0 Å². The van der Waals surface area contributed by atoms with E-state index in [4.69, 9.17) is 0 Å². The van der Waals surface area contributed by atoms with Crippen LogP contribution < -0.4 is 0 Å². The minimum absolute atomic E-state index is 0. The summed E-state index contributed by atoms with van der Waals surface area (Å²) >= 11 is 0. The van der Waals surface area contributed by atoms with Gasteiger partial charge in [-0.1, -0.05) is 0 Å². The average Bonchev–Trinajstić information content (AvgIpc) is 0. The topological polar surface area (TPSA) is 0 Å². The van der Waals surface area contributed by atoms with E-state index in [-0.39, 0.29) is 114 Å². The minimum atomic E-state index is 0. The second-order valence-electron chi connectivity index (χ2n) is 0. The number of rotatable bonds is 0. The fourth-order valence-electron chi connectivity index (χ4n) is 0. The first-order valence-electron chi connectivity index (χ1n) is 0. The van der Waals surface area contributed by atoms with Crippen LogP contribution in [0.15, 0.2) is 0 Å². The predicted octanol–water partition coefficient (Wildman–Crippen LogP) is -2.65. The van der Waals surface area contributed by atoms with Gasteiger partial charge in [0.15, 0.2) is 17.4 Å². The molecule has 0 fully saturated rings. The molecule has 0 aliphatic heterocycles. The molecule has 0 saturated heterocycles. The molecule has 0 aliphatic rings. The molecule has 0 N–H and O–H groups in total. The summed E-state index contributed by atoms with van der Waals surface area (Å²) in [5.41, 5.74) is 0. The predicted molar refractivity (Wildman–Crippen MR) is 21.3 cm³/mol. The first kappa shape index (κ1) is 54.9. The first-order valence-corrected chi connectivity index (χ1v) is 0. The van der Waals surface area contributed by atoms with Crippen molar-refractivity contribution in [1.82, 2.24) is 0 Å². The zero-order chi connectivity index (χ0) is 0. The first-order chi connectivity index (χ1) is 0. The normalized spacial score (nSPS) is 0. The molecule has 0 spiro atoms. The average molecular weight is 507 g/mol. The third-order valence-corrected chi connectivity index (χ3v) is 0. The van der Waals surface area contributed by atoms with Crippen LogP contribution in [0.5, 0.6) is 0 Å². The third kappa shape index (κ3) is 25.6. The van der Waals surface area contributed by atoms with Crippen molar-refractivity contribution in [3.63, 3.8) is 0 Å². The Morgan fingerprint density at radius 1 is 1.00 bits per heavy atom. The van der Waals surface area contributed by atoms with Gasteiger partial charge < -0.3 is 0 Å². The van der Waals surface area contributed by atoms with Gasteiger partial charge in [0, 0.05) is 72.7 Å². The number of hydrogen-bond donors (Lipinski definition) is 0. The van der Waals surface area contributed by atoms with E-state index >= 15 is 0 Å². The zero-order valence-electron chi connectivity index (χ0n) is 1.45. The van der Waals surface area contributed by atoms with Crippen LogP contribution in [-0.4, -0.2) is 41.3 Å². The van der Waals surface area contributed by atoms with Gasteiger partial charge in [0.05, 0.1) is 0 Å². The maximum Gasteiger partial charge on any atom is 0 e. The Balaban J connectivity index is 0. The smallest absolute Gasteiger partial charge is 0 e. The second-order valence-corrected chi connectivity index (χ2v) is 0. The Hall–Kier alpha value is 3.59. The van der Waals surface area contributed by atoms with Gasteiger partial charge in [-0.25, -0.2) is 0 Å². The molecule has 0 atom stereocenters. The molecule has 2 radical (unpaired) electrons. The number of hydrogen-bond acceptors (Lipinski definition) is 0. The molecule has 0 aromatic carbocycles. The van der Waals surface area contributed by atoms with Gasteiger partial charge >= 0.3 is 23.9 Å². The molecule has 46 valence electrons. The van der Waals surface area contributed by atoms with Gasteiger partial charge in [0.25, 0.3) is 0 Å². The molecule has 0 saturated carbocycles. The van der Waals surface area contributed by atoms with Gasteiger partial charge in [-0.2, -0.15) is 0 Å². The molecule has 0 aromatic rings. The van der Waals surface area contributed by atoms with Crippen LogP contribution in [0, 0.1) is 0 Å². The zero-order valence-corrected chi connectivity index (χ0v) is 7.80. The van der Waals surface area contributed by atoms with Crippen LogP contribution in [0.3, 0.4) is 0 Å². The monoisotopic (exact) mass is 508 g/mol. The Morgan fingerprint density at radius 3 is 1.00 bits per heavy atom. The van der Waals surface area contributed by atoms with Gasteiger partial charge in [-0.3, -0.25) is 0 Å². The van der Waals surface area contributed by atoms with Crippen molar-refractivity contribution >= 4 is 41.3 Å². The Labute approximate surface area is 112 Å². The molecule has 0 heterocycles. The molecule has 6 heteroatoms. The fourth-order valence-corrected chi connectivity index (χ4v) is 0. The quantitative estimate of drug-likeness (QED) is 0.315. The van der Waals surface area contributed by atoms with Crippen molar-refractivity contribution in [3.05, 3.63) is 0 Å². The molecule has 0 amide bonds. The molecule has 0 unspecified atom stereocenters. The molecular formula is H7AlCoFeNiSnTa. The molecule has 0 rings (SSSR count). The Morgan fingerprint density at radius 2 is 1.00 bits per heavy atom. The summed E-state index contributed by atoms with van der Waals surface area (Å²) in [6.45, 7) is 0. The Bertz CT molecular complexity index is 15.5. The van der Waals surface area contributed by atoms with Crippen LogP contribution in [0.1, 0.15) is 0 Å².